The second kappa shape index (κ2) is 7.41. The number of hydrogen-bond acceptors (Lipinski definition) is 6. The van der Waals surface area contributed by atoms with Crippen molar-refractivity contribution < 1.29 is 9.21 Å². The van der Waals surface area contributed by atoms with Crippen molar-refractivity contribution in [3.05, 3.63) is 40.6 Å². The number of furan rings is 1. The number of carbonyl (C=O) groups is 1. The van der Waals surface area contributed by atoms with Gasteiger partial charge in [0.05, 0.1) is 11.5 Å². The molecule has 2 rings (SSSR count). The number of hydrogen-bond donors (Lipinski definition) is 1. The third-order valence-corrected chi connectivity index (χ3v) is 3.92. The molecule has 2 heterocycles. The van der Waals surface area contributed by atoms with E-state index in [1.807, 2.05) is 46.8 Å². The van der Waals surface area contributed by atoms with E-state index in [1.165, 1.54) is 11.8 Å². The predicted octanol–water partition coefficient (Wildman–Crippen LogP) is 2.94. The van der Waals surface area contributed by atoms with E-state index in [2.05, 4.69) is 20.5 Å². The van der Waals surface area contributed by atoms with E-state index in [9.17, 15) is 4.79 Å². The molecule has 0 aromatic carbocycles. The Bertz CT molecular complexity index is 732. The van der Waals surface area contributed by atoms with Gasteiger partial charge in [-0.3, -0.25) is 4.79 Å². The van der Waals surface area contributed by atoms with Gasteiger partial charge in [-0.15, -0.1) is 0 Å². The third kappa shape index (κ3) is 4.92. The Labute approximate surface area is 139 Å². The highest BCUT2D eigenvalue weighted by molar-refractivity contribution is 7.99. The molecule has 23 heavy (non-hydrogen) atoms. The molecule has 1 amide bonds. The van der Waals surface area contributed by atoms with E-state index in [1.54, 1.807) is 0 Å². The summed E-state index contributed by atoms with van der Waals surface area (Å²) >= 11 is 1.29. The first-order chi connectivity index (χ1) is 10.8. The van der Waals surface area contributed by atoms with Crippen LogP contribution in [0.2, 0.25) is 0 Å². The summed E-state index contributed by atoms with van der Waals surface area (Å²) in [5, 5.41) is 4.72. The molecule has 0 spiro atoms. The summed E-state index contributed by atoms with van der Waals surface area (Å²) in [6.07, 6.45) is 0. The van der Waals surface area contributed by atoms with E-state index in [4.69, 9.17) is 4.42 Å². The quantitative estimate of drug-likeness (QED) is 0.394. The topological polar surface area (TPSA) is 80.4 Å². The summed E-state index contributed by atoms with van der Waals surface area (Å²) in [6, 6.07) is 3.80. The minimum atomic E-state index is -0.199. The molecule has 0 aliphatic rings. The molecule has 122 valence electrons. The van der Waals surface area contributed by atoms with E-state index >= 15 is 0 Å². The second-order valence-electron chi connectivity index (χ2n) is 5.28. The first kappa shape index (κ1) is 17.2. The maximum absolute atomic E-state index is 11.9. The fraction of sp³-hybridized carbons (Fsp3) is 0.375. The minimum absolute atomic E-state index is 0.199. The average molecular weight is 332 g/mol. The van der Waals surface area contributed by atoms with Crippen LogP contribution >= 0.6 is 11.8 Å². The summed E-state index contributed by atoms with van der Waals surface area (Å²) in [5.74, 6) is 1.62. The van der Waals surface area contributed by atoms with Crippen molar-refractivity contribution in [3.63, 3.8) is 0 Å². The van der Waals surface area contributed by atoms with Gasteiger partial charge < -0.3 is 4.42 Å². The number of amides is 1. The Morgan fingerprint density at radius 1 is 1.22 bits per heavy atom. The van der Waals surface area contributed by atoms with Gasteiger partial charge in [0.15, 0.2) is 5.16 Å². The fourth-order valence-corrected chi connectivity index (χ4v) is 2.86. The number of rotatable bonds is 5. The number of aryl methyl sites for hydroxylation is 4. The first-order valence-corrected chi connectivity index (χ1v) is 8.19. The van der Waals surface area contributed by atoms with Gasteiger partial charge >= 0.3 is 0 Å². The molecule has 0 radical (unpaired) electrons. The van der Waals surface area contributed by atoms with E-state index in [0.717, 1.165) is 28.5 Å². The number of nitrogens with zero attached hydrogens (tertiary/aromatic N) is 3. The lowest BCUT2D eigenvalue weighted by atomic mass is 10.2. The zero-order valence-corrected chi connectivity index (χ0v) is 14.7. The van der Waals surface area contributed by atoms with Crippen LogP contribution in [-0.4, -0.2) is 27.3 Å². The smallest absolute Gasteiger partial charge is 0.250 e. The maximum atomic E-state index is 11.9. The van der Waals surface area contributed by atoms with Gasteiger partial charge in [0.25, 0.3) is 5.91 Å². The van der Waals surface area contributed by atoms with Crippen molar-refractivity contribution in [2.24, 2.45) is 5.10 Å². The Balaban J connectivity index is 1.92. The molecule has 0 unspecified atom stereocenters. The highest BCUT2D eigenvalue weighted by Gasteiger charge is 2.09. The highest BCUT2D eigenvalue weighted by Crippen LogP contribution is 2.15. The number of carbonyl (C=O) groups excluding carboxylic acids is 1. The highest BCUT2D eigenvalue weighted by atomic mass is 32.2. The van der Waals surface area contributed by atoms with Gasteiger partial charge in [-0.05, 0) is 46.8 Å². The van der Waals surface area contributed by atoms with Crippen molar-refractivity contribution in [1.29, 1.82) is 0 Å². The van der Waals surface area contributed by atoms with Crippen LogP contribution in [-0.2, 0) is 4.79 Å². The van der Waals surface area contributed by atoms with Crippen LogP contribution in [0.1, 0.15) is 35.4 Å². The monoisotopic (exact) mass is 332 g/mol. The average Bonchev–Trinajstić information content (AvgIpc) is 2.80. The van der Waals surface area contributed by atoms with E-state index < -0.39 is 0 Å². The van der Waals surface area contributed by atoms with Gasteiger partial charge in [0, 0.05) is 17.0 Å². The van der Waals surface area contributed by atoms with Gasteiger partial charge in [0.1, 0.15) is 11.5 Å². The summed E-state index contributed by atoms with van der Waals surface area (Å²) in [5.41, 5.74) is 5.93. The Hall–Kier alpha value is -2.15. The van der Waals surface area contributed by atoms with Gasteiger partial charge in [0.2, 0.25) is 0 Å². The van der Waals surface area contributed by atoms with Crippen LogP contribution in [0.3, 0.4) is 0 Å². The zero-order valence-electron chi connectivity index (χ0n) is 13.9. The number of aromatic nitrogens is 2. The van der Waals surface area contributed by atoms with Crippen LogP contribution in [0.15, 0.2) is 26.8 Å². The second-order valence-corrected chi connectivity index (χ2v) is 6.22. The fourth-order valence-electron chi connectivity index (χ4n) is 2.12. The molecule has 0 atom stereocenters. The number of hydrazone groups is 1. The van der Waals surface area contributed by atoms with Crippen molar-refractivity contribution >= 4 is 23.4 Å². The molecule has 0 fully saturated rings. The van der Waals surface area contributed by atoms with Gasteiger partial charge in [-0.25, -0.2) is 15.4 Å². The molecular formula is C16H20N4O2S. The van der Waals surface area contributed by atoms with Crippen LogP contribution in [0, 0.1) is 27.7 Å². The van der Waals surface area contributed by atoms with Gasteiger partial charge in [-0.1, -0.05) is 11.8 Å². The molecule has 2 aromatic heterocycles. The normalized spacial score (nSPS) is 11.6. The molecule has 0 saturated heterocycles. The van der Waals surface area contributed by atoms with Crippen LogP contribution < -0.4 is 5.43 Å². The molecule has 6 nitrogen and oxygen atoms in total. The summed E-state index contributed by atoms with van der Waals surface area (Å²) in [7, 11) is 0. The van der Waals surface area contributed by atoms with Crippen molar-refractivity contribution in [2.45, 2.75) is 39.8 Å². The Morgan fingerprint density at radius 2 is 1.87 bits per heavy atom. The minimum Gasteiger partial charge on any atom is -0.466 e. The van der Waals surface area contributed by atoms with Crippen LogP contribution in [0.4, 0.5) is 0 Å². The van der Waals surface area contributed by atoms with Crippen molar-refractivity contribution in [2.75, 3.05) is 5.75 Å². The number of nitrogens with one attached hydrogen (secondary N) is 1. The lowest BCUT2D eigenvalue weighted by Crippen LogP contribution is -2.21. The zero-order chi connectivity index (χ0) is 17.0. The SMILES string of the molecule is CC(=NNC(=O)CSc1nc(C)cc(C)n1)c1cc(C)oc1C. The number of thioether (sulfide) groups is 1. The molecule has 1 N–H and O–H groups in total. The summed E-state index contributed by atoms with van der Waals surface area (Å²) in [4.78, 5) is 20.5. The molecule has 0 saturated carbocycles. The Kier molecular flexibility index (Phi) is 5.54. The van der Waals surface area contributed by atoms with E-state index in [-0.39, 0.29) is 11.7 Å². The lowest BCUT2D eigenvalue weighted by Gasteiger charge is -2.03. The molecular weight excluding hydrogens is 312 g/mol. The van der Waals surface area contributed by atoms with Crippen molar-refractivity contribution in [3.8, 4) is 0 Å². The standard InChI is InChI=1S/C16H20N4O2S/c1-9-6-10(2)18-16(17-9)23-8-15(21)20-19-12(4)14-7-11(3)22-13(14)5/h6-7H,8H2,1-5H3,(H,20,21). The summed E-state index contributed by atoms with van der Waals surface area (Å²) < 4.78 is 5.46. The molecule has 0 bridgehead atoms. The van der Waals surface area contributed by atoms with Crippen molar-refractivity contribution in [1.82, 2.24) is 15.4 Å². The molecule has 0 aliphatic heterocycles. The molecule has 7 heteroatoms. The largest absolute Gasteiger partial charge is 0.466 e. The Morgan fingerprint density at radius 3 is 2.43 bits per heavy atom. The molecule has 2 aromatic rings. The van der Waals surface area contributed by atoms with Crippen LogP contribution in [0.5, 0.6) is 0 Å². The molecule has 0 aliphatic carbocycles. The maximum Gasteiger partial charge on any atom is 0.250 e. The van der Waals surface area contributed by atoms with E-state index in [0.29, 0.717) is 10.9 Å². The first-order valence-electron chi connectivity index (χ1n) is 7.21. The van der Waals surface area contributed by atoms with Crippen LogP contribution in [0.25, 0.3) is 0 Å². The predicted molar refractivity (Wildman–Crippen MR) is 90.8 cm³/mol. The van der Waals surface area contributed by atoms with Gasteiger partial charge in [-0.2, -0.15) is 5.10 Å². The summed E-state index contributed by atoms with van der Waals surface area (Å²) in [6.45, 7) is 9.39. The third-order valence-electron chi connectivity index (χ3n) is 3.07. The lowest BCUT2D eigenvalue weighted by molar-refractivity contribution is -0.118.